The average Bonchev–Trinajstić information content (AvgIpc) is 2.95. The van der Waals surface area contributed by atoms with Crippen LogP contribution < -0.4 is 10.2 Å². The van der Waals surface area contributed by atoms with Crippen LogP contribution in [0.2, 0.25) is 0 Å². The van der Waals surface area contributed by atoms with Gasteiger partial charge in [-0.05, 0) is 67.2 Å². The zero-order chi connectivity index (χ0) is 31.9. The van der Waals surface area contributed by atoms with Crippen LogP contribution in [-0.2, 0) is 18.9 Å². The number of likely N-dealkylation sites (N-methyl/N-ethyl adjacent to an activating group) is 2. The molecular weight excluding hydrogens is 582 g/mol. The molecule has 3 rings (SSSR count). The first kappa shape index (κ1) is 33.1. The normalized spacial score (nSPS) is 11.9. The first-order valence-electron chi connectivity index (χ1n) is 13.1. The van der Waals surface area contributed by atoms with Crippen LogP contribution in [-0.4, -0.2) is 70.1 Å². The van der Waals surface area contributed by atoms with E-state index < -0.39 is 41.7 Å². The molecule has 0 unspecified atom stereocenters. The van der Waals surface area contributed by atoms with Gasteiger partial charge in [0.25, 0.3) is 5.91 Å². The van der Waals surface area contributed by atoms with E-state index in [0.717, 1.165) is 25.7 Å². The topological polar surface area (TPSA) is 102 Å². The largest absolute Gasteiger partial charge is 0.465 e. The third kappa shape index (κ3) is 9.04. The summed E-state index contributed by atoms with van der Waals surface area (Å²) in [4.78, 5) is 37.1. The van der Waals surface area contributed by atoms with E-state index in [0.29, 0.717) is 34.8 Å². The highest BCUT2D eigenvalue weighted by atomic mass is 19.4. The maximum absolute atomic E-state index is 13.3. The zero-order valence-electron chi connectivity index (χ0n) is 23.5. The lowest BCUT2D eigenvalue weighted by molar-refractivity contribution is -0.143. The zero-order valence-corrected chi connectivity index (χ0v) is 23.5. The van der Waals surface area contributed by atoms with Crippen molar-refractivity contribution in [1.82, 2.24) is 19.8 Å². The van der Waals surface area contributed by atoms with Crippen LogP contribution in [0.1, 0.15) is 40.9 Å². The molecule has 15 heteroatoms. The molecule has 0 atom stereocenters. The molecule has 0 saturated heterocycles. The van der Waals surface area contributed by atoms with Gasteiger partial charge in [0.2, 0.25) is 5.95 Å². The fourth-order valence-corrected chi connectivity index (χ4v) is 4.08. The molecule has 0 aliphatic carbocycles. The number of hydrogen-bond donors (Lipinski definition) is 2. The van der Waals surface area contributed by atoms with Crippen LogP contribution >= 0.6 is 0 Å². The molecule has 2 aromatic carbocycles. The average molecular weight is 613 g/mol. The summed E-state index contributed by atoms with van der Waals surface area (Å²) < 4.78 is 79.6. The Hall–Kier alpha value is -4.40. The van der Waals surface area contributed by atoms with Gasteiger partial charge in [0.15, 0.2) is 0 Å². The molecule has 232 valence electrons. The maximum Gasteiger partial charge on any atom is 0.416 e. The van der Waals surface area contributed by atoms with E-state index in [1.807, 2.05) is 13.8 Å². The third-order valence-corrected chi connectivity index (χ3v) is 6.52. The number of rotatable bonds is 11. The molecule has 1 heterocycles. The summed E-state index contributed by atoms with van der Waals surface area (Å²) in [6, 6.07) is 8.34. The van der Waals surface area contributed by atoms with Crippen molar-refractivity contribution >= 4 is 29.5 Å². The van der Waals surface area contributed by atoms with E-state index in [4.69, 9.17) is 0 Å². The highest BCUT2D eigenvalue weighted by Crippen LogP contribution is 2.36. The Balaban J connectivity index is 1.78. The lowest BCUT2D eigenvalue weighted by Gasteiger charge is -2.23. The van der Waals surface area contributed by atoms with Crippen LogP contribution in [0.5, 0.6) is 0 Å². The first-order valence-corrected chi connectivity index (χ1v) is 13.1. The van der Waals surface area contributed by atoms with E-state index in [1.165, 1.54) is 6.20 Å². The number of benzene rings is 2. The standard InChI is InChI=1S/C28H30F6N6O3/c1-4-39(5-2)13-12-38(3)24(41)19-6-8-22(9-7-19)36-25-35-11-10-23(37-25)40(26(42)43)17-18-14-20(27(29,30)31)16-21(15-18)28(32,33)34/h6-11,14-16H,4-5,12-13,17H2,1-3H3,(H,42,43)(H,35,36,37). The van der Waals surface area contributed by atoms with Crippen LogP contribution in [0.3, 0.4) is 0 Å². The summed E-state index contributed by atoms with van der Waals surface area (Å²) in [5, 5.41) is 12.6. The van der Waals surface area contributed by atoms with E-state index in [1.54, 1.807) is 36.2 Å². The van der Waals surface area contributed by atoms with Crippen molar-refractivity contribution in [2.75, 3.05) is 43.4 Å². The summed E-state index contributed by atoms with van der Waals surface area (Å²) in [5.74, 6) is -0.575. The fraction of sp³-hybridized carbons (Fsp3) is 0.357. The van der Waals surface area contributed by atoms with E-state index in [-0.39, 0.29) is 23.7 Å². The lowest BCUT2D eigenvalue weighted by atomic mass is 10.0. The minimum absolute atomic E-state index is 0.0372. The molecule has 0 saturated carbocycles. The Morgan fingerprint density at radius 1 is 0.884 bits per heavy atom. The molecule has 0 bridgehead atoms. The van der Waals surface area contributed by atoms with Crippen LogP contribution in [0.25, 0.3) is 0 Å². The first-order chi connectivity index (χ1) is 20.1. The smallest absolute Gasteiger partial charge is 0.416 e. The van der Waals surface area contributed by atoms with Gasteiger partial charge < -0.3 is 20.2 Å². The lowest BCUT2D eigenvalue weighted by Crippen LogP contribution is -2.36. The van der Waals surface area contributed by atoms with Gasteiger partial charge in [-0.25, -0.2) is 9.78 Å². The molecule has 0 aliphatic heterocycles. The van der Waals surface area contributed by atoms with Crippen molar-refractivity contribution < 1.29 is 41.0 Å². The van der Waals surface area contributed by atoms with Crippen molar-refractivity contribution in [2.45, 2.75) is 32.7 Å². The monoisotopic (exact) mass is 612 g/mol. The number of carbonyl (C=O) groups excluding carboxylic acids is 1. The number of carbonyl (C=O) groups is 2. The molecule has 0 aliphatic rings. The summed E-state index contributed by atoms with van der Waals surface area (Å²) in [7, 11) is 1.70. The summed E-state index contributed by atoms with van der Waals surface area (Å²) in [6.07, 6.45) is -10.7. The van der Waals surface area contributed by atoms with Crippen molar-refractivity contribution in [3.8, 4) is 0 Å². The van der Waals surface area contributed by atoms with Gasteiger partial charge in [-0.1, -0.05) is 13.8 Å². The van der Waals surface area contributed by atoms with Gasteiger partial charge in [0, 0.05) is 37.6 Å². The van der Waals surface area contributed by atoms with Crippen LogP contribution in [0.4, 0.5) is 48.6 Å². The summed E-state index contributed by atoms with van der Waals surface area (Å²) >= 11 is 0. The maximum atomic E-state index is 13.3. The van der Waals surface area contributed by atoms with Gasteiger partial charge >= 0.3 is 18.4 Å². The molecule has 0 fully saturated rings. The summed E-state index contributed by atoms with van der Waals surface area (Å²) in [5.41, 5.74) is -2.80. The number of hydrogen-bond acceptors (Lipinski definition) is 6. The predicted octanol–water partition coefficient (Wildman–Crippen LogP) is 6.36. The van der Waals surface area contributed by atoms with Crippen LogP contribution in [0.15, 0.2) is 54.7 Å². The highest BCUT2D eigenvalue weighted by molar-refractivity contribution is 5.94. The Bertz CT molecular complexity index is 1380. The Labute approximate surface area is 243 Å². The number of nitrogens with zero attached hydrogens (tertiary/aromatic N) is 5. The molecule has 43 heavy (non-hydrogen) atoms. The van der Waals surface area contributed by atoms with Crippen molar-refractivity contribution in [3.05, 3.63) is 77.0 Å². The Kier molecular flexibility index (Phi) is 10.6. The molecule has 0 spiro atoms. The van der Waals surface area contributed by atoms with Crippen molar-refractivity contribution in [3.63, 3.8) is 0 Å². The molecule has 1 aromatic heterocycles. The molecule has 3 aromatic rings. The second-order valence-corrected chi connectivity index (χ2v) is 9.48. The van der Waals surface area contributed by atoms with E-state index in [2.05, 4.69) is 20.2 Å². The number of anilines is 3. The Morgan fingerprint density at radius 2 is 1.47 bits per heavy atom. The number of alkyl halides is 6. The van der Waals surface area contributed by atoms with Gasteiger partial charge in [0.1, 0.15) is 5.82 Å². The fourth-order valence-electron chi connectivity index (χ4n) is 4.08. The quantitative estimate of drug-likeness (QED) is 0.243. The minimum Gasteiger partial charge on any atom is -0.465 e. The van der Waals surface area contributed by atoms with Gasteiger partial charge in [0.05, 0.1) is 17.7 Å². The second kappa shape index (κ2) is 13.7. The second-order valence-electron chi connectivity index (χ2n) is 9.48. The predicted molar refractivity (Wildman–Crippen MR) is 147 cm³/mol. The molecular formula is C28H30F6N6O3. The number of aromatic nitrogens is 2. The van der Waals surface area contributed by atoms with E-state index >= 15 is 0 Å². The van der Waals surface area contributed by atoms with Crippen molar-refractivity contribution in [1.29, 1.82) is 0 Å². The molecule has 0 radical (unpaired) electrons. The van der Waals surface area contributed by atoms with E-state index in [9.17, 15) is 41.0 Å². The van der Waals surface area contributed by atoms with Crippen LogP contribution in [0, 0.1) is 0 Å². The van der Waals surface area contributed by atoms with Crippen molar-refractivity contribution in [2.24, 2.45) is 0 Å². The van der Waals surface area contributed by atoms with Gasteiger partial charge in [-0.15, -0.1) is 0 Å². The number of halogens is 6. The van der Waals surface area contributed by atoms with Gasteiger partial charge in [-0.2, -0.15) is 31.3 Å². The minimum atomic E-state index is -5.09. The molecule has 2 amide bonds. The SMILES string of the molecule is CCN(CC)CCN(C)C(=O)c1ccc(Nc2nccc(N(Cc3cc(C(F)(F)F)cc(C(F)(F)F)c3)C(=O)O)n2)cc1. The Morgan fingerprint density at radius 3 is 1.98 bits per heavy atom. The number of amides is 2. The summed E-state index contributed by atoms with van der Waals surface area (Å²) in [6.45, 7) is 6.25. The third-order valence-electron chi connectivity index (χ3n) is 6.52. The molecule has 9 nitrogen and oxygen atoms in total. The van der Waals surface area contributed by atoms with Gasteiger partial charge in [-0.3, -0.25) is 9.69 Å². The number of nitrogens with one attached hydrogen (secondary N) is 1. The highest BCUT2D eigenvalue weighted by Gasteiger charge is 2.37. The number of carboxylic acid groups (broad SMARTS) is 1. The molecule has 2 N–H and O–H groups in total.